The number of phenols is 1. The van der Waals surface area contributed by atoms with Gasteiger partial charge < -0.3 is 39.6 Å². The molecule has 0 radical (unpaired) electrons. The molecular weight excluding hydrogens is 524 g/mol. The normalized spacial score (nSPS) is 15.3. The molecular formula is C28H34N2O8S. The summed E-state index contributed by atoms with van der Waals surface area (Å²) in [6.07, 6.45) is 1.68. The van der Waals surface area contributed by atoms with Gasteiger partial charge in [-0.1, -0.05) is 36.0 Å². The number of carbonyl (C=O) groups is 1. The Balaban J connectivity index is 1.60. The van der Waals surface area contributed by atoms with E-state index in [-0.39, 0.29) is 36.0 Å². The molecule has 0 spiro atoms. The van der Waals surface area contributed by atoms with Gasteiger partial charge in [0.15, 0.2) is 11.5 Å². The first kappa shape index (κ1) is 30.2. The summed E-state index contributed by atoms with van der Waals surface area (Å²) in [5.41, 5.74) is 6.64. The number of phenolic OH excluding ortho intramolecular Hbond substituents is 1. The fourth-order valence-electron chi connectivity index (χ4n) is 3.33. The van der Waals surface area contributed by atoms with Crippen LogP contribution in [0.4, 0.5) is 5.69 Å². The highest BCUT2D eigenvalue weighted by Gasteiger charge is 2.33. The molecule has 2 aromatic carbocycles. The van der Waals surface area contributed by atoms with E-state index in [0.717, 1.165) is 11.8 Å². The van der Waals surface area contributed by atoms with Crippen molar-refractivity contribution in [3.8, 4) is 11.5 Å². The van der Waals surface area contributed by atoms with Gasteiger partial charge in [-0.2, -0.15) is 0 Å². The number of nitrogens with zero attached hydrogens (tertiary/aromatic N) is 1. The van der Waals surface area contributed by atoms with Crippen LogP contribution in [0.2, 0.25) is 0 Å². The molecule has 39 heavy (non-hydrogen) atoms. The number of aliphatic hydroxyl groups excluding tert-OH is 1. The van der Waals surface area contributed by atoms with Crippen molar-refractivity contribution in [3.05, 3.63) is 70.3 Å². The third kappa shape index (κ3) is 9.72. The average molecular weight is 559 g/mol. The lowest BCUT2D eigenvalue weighted by Crippen LogP contribution is -2.14. The largest absolute Gasteiger partial charge is 0.506 e. The molecule has 0 fully saturated rings. The maximum atomic E-state index is 12.6. The Hall–Kier alpha value is -3.35. The Kier molecular flexibility index (Phi) is 12.8. The van der Waals surface area contributed by atoms with Crippen LogP contribution in [0.3, 0.4) is 0 Å². The van der Waals surface area contributed by atoms with Gasteiger partial charge in [0.05, 0.1) is 56.8 Å². The van der Waals surface area contributed by atoms with E-state index in [9.17, 15) is 15.0 Å². The van der Waals surface area contributed by atoms with Gasteiger partial charge in [0.25, 0.3) is 0 Å². The standard InChI is InChI=1S/C28H34N2O8S/c1-2-37-28(33)25-26(32)24(39-27(25)30-21-6-4-3-5-7-21)19-20-8-9-22(31)23(18-20)38-17-16-36-15-14-35-13-12-34-11-10-29/h3-9,18-19,31-32H,2,10-17,29H2,1H3/b24-19-,30-27?. The van der Waals surface area contributed by atoms with Crippen LogP contribution in [0.5, 0.6) is 11.5 Å². The van der Waals surface area contributed by atoms with Crippen LogP contribution >= 0.6 is 11.8 Å². The number of thioether (sulfide) groups is 1. The highest BCUT2D eigenvalue weighted by molar-refractivity contribution is 8.18. The zero-order valence-corrected chi connectivity index (χ0v) is 22.7. The summed E-state index contributed by atoms with van der Waals surface area (Å²) in [5.74, 6) is -0.641. The molecule has 0 aromatic heterocycles. The molecule has 210 valence electrons. The zero-order chi connectivity index (χ0) is 27.9. The van der Waals surface area contributed by atoms with Crippen molar-refractivity contribution < 1.29 is 38.7 Å². The summed E-state index contributed by atoms with van der Waals surface area (Å²) < 4.78 is 26.9. The van der Waals surface area contributed by atoms with E-state index in [0.29, 0.717) is 67.4 Å². The number of para-hydroxylation sites is 1. The average Bonchev–Trinajstić information content (AvgIpc) is 3.23. The van der Waals surface area contributed by atoms with Gasteiger partial charge in [-0.25, -0.2) is 9.79 Å². The van der Waals surface area contributed by atoms with Crippen LogP contribution in [0.1, 0.15) is 12.5 Å². The van der Waals surface area contributed by atoms with Crippen molar-refractivity contribution in [1.82, 2.24) is 0 Å². The molecule has 0 unspecified atom stereocenters. The molecule has 0 saturated heterocycles. The molecule has 11 heteroatoms. The molecule has 3 rings (SSSR count). The van der Waals surface area contributed by atoms with E-state index in [1.54, 1.807) is 37.3 Å². The molecule has 0 bridgehead atoms. The molecule has 0 amide bonds. The number of carbonyl (C=O) groups excluding carboxylic acids is 1. The number of aliphatic hydroxyl groups is 1. The number of aromatic hydroxyl groups is 1. The molecule has 4 N–H and O–H groups in total. The van der Waals surface area contributed by atoms with E-state index in [1.807, 2.05) is 18.2 Å². The molecule has 2 aromatic rings. The van der Waals surface area contributed by atoms with Crippen LogP contribution in [-0.4, -0.2) is 80.6 Å². The smallest absolute Gasteiger partial charge is 0.344 e. The summed E-state index contributed by atoms with van der Waals surface area (Å²) in [7, 11) is 0. The zero-order valence-electron chi connectivity index (χ0n) is 21.8. The Labute approximate surface area is 232 Å². The second-order valence-corrected chi connectivity index (χ2v) is 9.04. The third-order valence-electron chi connectivity index (χ3n) is 5.13. The first-order valence-corrected chi connectivity index (χ1v) is 13.4. The maximum Gasteiger partial charge on any atom is 0.344 e. The Morgan fingerprint density at radius 3 is 2.28 bits per heavy atom. The van der Waals surface area contributed by atoms with Crippen LogP contribution in [-0.2, 0) is 23.7 Å². The first-order chi connectivity index (χ1) is 19.0. The van der Waals surface area contributed by atoms with Gasteiger partial charge in [-0.15, -0.1) is 0 Å². The molecule has 1 aliphatic rings. The second kappa shape index (κ2) is 16.6. The summed E-state index contributed by atoms with van der Waals surface area (Å²) in [4.78, 5) is 17.5. The van der Waals surface area contributed by atoms with Gasteiger partial charge in [0.1, 0.15) is 23.0 Å². The monoisotopic (exact) mass is 558 g/mol. The summed E-state index contributed by atoms with van der Waals surface area (Å²) in [6.45, 7) is 5.17. The quantitative estimate of drug-likeness (QED) is 0.205. The van der Waals surface area contributed by atoms with Crippen LogP contribution in [0.15, 0.2) is 69.8 Å². The fraction of sp³-hybridized carbons (Fsp3) is 0.357. The molecule has 0 atom stereocenters. The molecule has 10 nitrogen and oxygen atoms in total. The van der Waals surface area contributed by atoms with E-state index in [1.165, 1.54) is 6.07 Å². The summed E-state index contributed by atoms with van der Waals surface area (Å²) >= 11 is 1.15. The topological polar surface area (TPSA) is 142 Å². The number of hydrogen-bond acceptors (Lipinski definition) is 11. The predicted octanol–water partition coefficient (Wildman–Crippen LogP) is 3.97. The first-order valence-electron chi connectivity index (χ1n) is 12.6. The van der Waals surface area contributed by atoms with Crippen LogP contribution in [0.25, 0.3) is 6.08 Å². The minimum absolute atomic E-state index is 0.0106. The Bertz CT molecular complexity index is 1170. The second-order valence-electron chi connectivity index (χ2n) is 8.01. The molecule has 1 heterocycles. The molecule has 0 aliphatic carbocycles. The third-order valence-corrected chi connectivity index (χ3v) is 6.15. The Morgan fingerprint density at radius 1 is 0.949 bits per heavy atom. The van der Waals surface area contributed by atoms with E-state index < -0.39 is 5.97 Å². The number of aliphatic imine (C=N–C) groups is 1. The summed E-state index contributed by atoms with van der Waals surface area (Å²) in [6, 6.07) is 13.9. The lowest BCUT2D eigenvalue weighted by atomic mass is 10.1. The van der Waals surface area contributed by atoms with Crippen molar-refractivity contribution in [2.24, 2.45) is 10.7 Å². The lowest BCUT2D eigenvalue weighted by molar-refractivity contribution is -0.138. The minimum Gasteiger partial charge on any atom is -0.506 e. The fourth-order valence-corrected chi connectivity index (χ4v) is 4.37. The predicted molar refractivity (Wildman–Crippen MR) is 151 cm³/mol. The minimum atomic E-state index is -0.652. The van der Waals surface area contributed by atoms with Gasteiger partial charge in [0.2, 0.25) is 0 Å². The van der Waals surface area contributed by atoms with Crippen molar-refractivity contribution in [1.29, 1.82) is 0 Å². The number of rotatable bonds is 16. The number of esters is 1. The van der Waals surface area contributed by atoms with Crippen molar-refractivity contribution >= 4 is 34.5 Å². The summed E-state index contributed by atoms with van der Waals surface area (Å²) in [5, 5.41) is 21.4. The van der Waals surface area contributed by atoms with Gasteiger partial charge in [-0.3, -0.25) is 0 Å². The van der Waals surface area contributed by atoms with E-state index >= 15 is 0 Å². The molecule has 0 saturated carbocycles. The number of hydrogen-bond donors (Lipinski definition) is 3. The van der Waals surface area contributed by atoms with Crippen LogP contribution in [0, 0.1) is 0 Å². The number of ether oxygens (including phenoxy) is 5. The number of nitrogens with two attached hydrogens (primary N) is 1. The van der Waals surface area contributed by atoms with Gasteiger partial charge in [0, 0.05) is 6.54 Å². The maximum absolute atomic E-state index is 12.6. The highest BCUT2D eigenvalue weighted by atomic mass is 32.2. The van der Waals surface area contributed by atoms with Gasteiger partial charge >= 0.3 is 5.97 Å². The van der Waals surface area contributed by atoms with Gasteiger partial charge in [-0.05, 0) is 42.8 Å². The highest BCUT2D eigenvalue weighted by Crippen LogP contribution is 2.41. The van der Waals surface area contributed by atoms with Crippen molar-refractivity contribution in [3.63, 3.8) is 0 Å². The van der Waals surface area contributed by atoms with Crippen molar-refractivity contribution in [2.75, 3.05) is 59.4 Å². The van der Waals surface area contributed by atoms with Crippen molar-refractivity contribution in [2.45, 2.75) is 6.92 Å². The van der Waals surface area contributed by atoms with Crippen LogP contribution < -0.4 is 10.5 Å². The number of benzene rings is 2. The molecule has 1 aliphatic heterocycles. The SMILES string of the molecule is CCOC(=O)C1=C(O)/C(=C/c2ccc(O)c(OCCOCCOCCOCCN)c2)SC1=Nc1ccccc1. The van der Waals surface area contributed by atoms with E-state index in [2.05, 4.69) is 4.99 Å². The Morgan fingerprint density at radius 2 is 1.62 bits per heavy atom. The lowest BCUT2D eigenvalue weighted by Gasteiger charge is -2.10. The van der Waals surface area contributed by atoms with E-state index in [4.69, 9.17) is 29.4 Å².